The summed E-state index contributed by atoms with van der Waals surface area (Å²) < 4.78 is 0. The third-order valence-electron chi connectivity index (χ3n) is 6.23. The molecule has 0 spiro atoms. The van der Waals surface area contributed by atoms with Crippen molar-refractivity contribution in [3.63, 3.8) is 0 Å². The van der Waals surface area contributed by atoms with Gasteiger partial charge in [-0.15, -0.1) is 0 Å². The Kier molecular flexibility index (Phi) is 4.57. The van der Waals surface area contributed by atoms with E-state index in [2.05, 4.69) is 66.7 Å². The lowest BCUT2D eigenvalue weighted by atomic mass is 9.43. The van der Waals surface area contributed by atoms with Gasteiger partial charge in [-0.25, -0.2) is 0 Å². The van der Waals surface area contributed by atoms with Crippen molar-refractivity contribution in [2.24, 2.45) is 11.3 Å². The van der Waals surface area contributed by atoms with Crippen molar-refractivity contribution in [2.45, 2.75) is 44.4 Å². The third kappa shape index (κ3) is 2.97. The fraction of sp³-hybridized carbons (Fsp3) is 0.375. The molecule has 2 fully saturated rings. The van der Waals surface area contributed by atoms with E-state index >= 15 is 0 Å². The molecule has 2 saturated carbocycles. The van der Waals surface area contributed by atoms with Gasteiger partial charge < -0.3 is 0 Å². The molecule has 2 aromatic rings. The van der Waals surface area contributed by atoms with E-state index in [9.17, 15) is 4.79 Å². The molecule has 0 aromatic heterocycles. The highest BCUT2D eigenvalue weighted by Gasteiger charge is 2.62. The molecule has 2 aromatic carbocycles. The van der Waals surface area contributed by atoms with Gasteiger partial charge in [0.1, 0.15) is 5.78 Å². The SMILES string of the molecule is O=C1C2CCCC1(CCC/C=C/c1ccccc1)C2c1ccccc1. The van der Waals surface area contributed by atoms with Crippen LogP contribution in [0.4, 0.5) is 0 Å². The Labute approximate surface area is 150 Å². The molecule has 0 amide bonds. The number of carbonyl (C=O) groups excluding carboxylic acids is 1. The number of unbranched alkanes of at least 4 members (excludes halogenated alkanes) is 1. The first kappa shape index (κ1) is 16.3. The molecule has 4 rings (SSSR count). The molecular weight excluding hydrogens is 304 g/mol. The summed E-state index contributed by atoms with van der Waals surface area (Å²) in [5.74, 6) is 1.31. The average molecular weight is 330 g/mol. The van der Waals surface area contributed by atoms with Crippen LogP contribution >= 0.6 is 0 Å². The lowest BCUT2D eigenvalue weighted by Crippen LogP contribution is -2.58. The second-order valence-electron chi connectivity index (χ2n) is 7.61. The highest BCUT2D eigenvalue weighted by molar-refractivity contribution is 5.96. The largest absolute Gasteiger partial charge is 0.299 e. The van der Waals surface area contributed by atoms with E-state index in [0.717, 1.165) is 32.1 Å². The Hall–Kier alpha value is -2.15. The Bertz CT molecular complexity index is 746. The summed E-state index contributed by atoms with van der Waals surface area (Å²) in [5, 5.41) is 0. The molecule has 0 radical (unpaired) electrons. The fourth-order valence-corrected chi connectivity index (χ4v) is 5.11. The Balaban J connectivity index is 1.41. The zero-order valence-electron chi connectivity index (χ0n) is 14.7. The zero-order chi connectivity index (χ0) is 17.1. The number of hydrogen-bond acceptors (Lipinski definition) is 1. The van der Waals surface area contributed by atoms with Crippen LogP contribution in [0.2, 0.25) is 0 Å². The van der Waals surface area contributed by atoms with Crippen LogP contribution in [0.15, 0.2) is 66.7 Å². The van der Waals surface area contributed by atoms with E-state index in [1.165, 1.54) is 17.5 Å². The molecule has 1 nitrogen and oxygen atoms in total. The van der Waals surface area contributed by atoms with Gasteiger partial charge in [0.25, 0.3) is 0 Å². The second kappa shape index (κ2) is 7.00. The van der Waals surface area contributed by atoms with Crippen molar-refractivity contribution < 1.29 is 4.79 Å². The predicted octanol–water partition coefficient (Wildman–Crippen LogP) is 6.02. The third-order valence-corrected chi connectivity index (χ3v) is 6.23. The van der Waals surface area contributed by atoms with Crippen LogP contribution in [0, 0.1) is 11.3 Å². The molecule has 3 atom stereocenters. The number of hydrogen-bond donors (Lipinski definition) is 0. The quantitative estimate of drug-likeness (QED) is 0.592. The fourth-order valence-electron chi connectivity index (χ4n) is 5.11. The maximum atomic E-state index is 12.8. The van der Waals surface area contributed by atoms with Gasteiger partial charge >= 0.3 is 0 Å². The Morgan fingerprint density at radius 3 is 2.44 bits per heavy atom. The molecule has 0 saturated heterocycles. The van der Waals surface area contributed by atoms with E-state index in [4.69, 9.17) is 0 Å². The normalized spacial score (nSPS) is 28.1. The monoisotopic (exact) mass is 330 g/mol. The van der Waals surface area contributed by atoms with Crippen molar-refractivity contribution in [3.8, 4) is 0 Å². The van der Waals surface area contributed by atoms with Gasteiger partial charge in [-0.3, -0.25) is 4.79 Å². The lowest BCUT2D eigenvalue weighted by molar-refractivity contribution is -0.158. The smallest absolute Gasteiger partial charge is 0.143 e. The number of carbonyl (C=O) groups is 1. The summed E-state index contributed by atoms with van der Waals surface area (Å²) >= 11 is 0. The lowest BCUT2D eigenvalue weighted by Gasteiger charge is -2.58. The molecule has 0 heterocycles. The van der Waals surface area contributed by atoms with Crippen LogP contribution in [0.1, 0.15) is 55.6 Å². The maximum Gasteiger partial charge on any atom is 0.143 e. The second-order valence-corrected chi connectivity index (χ2v) is 7.61. The van der Waals surface area contributed by atoms with Crippen molar-refractivity contribution in [2.75, 3.05) is 0 Å². The van der Waals surface area contributed by atoms with Gasteiger partial charge in [-0.05, 0) is 43.2 Å². The Morgan fingerprint density at radius 1 is 1.00 bits per heavy atom. The molecule has 128 valence electrons. The van der Waals surface area contributed by atoms with Gasteiger partial charge in [-0.1, -0.05) is 79.2 Å². The summed E-state index contributed by atoms with van der Waals surface area (Å²) in [7, 11) is 0. The minimum Gasteiger partial charge on any atom is -0.299 e. The van der Waals surface area contributed by atoms with Crippen molar-refractivity contribution in [1.29, 1.82) is 0 Å². The number of allylic oxidation sites excluding steroid dienone is 1. The summed E-state index contributed by atoms with van der Waals surface area (Å²) in [5.41, 5.74) is 2.57. The van der Waals surface area contributed by atoms with Crippen LogP contribution in [-0.4, -0.2) is 5.78 Å². The van der Waals surface area contributed by atoms with E-state index < -0.39 is 0 Å². The summed E-state index contributed by atoms with van der Waals surface area (Å²) in [6, 6.07) is 21.2. The van der Waals surface area contributed by atoms with Crippen LogP contribution in [0.5, 0.6) is 0 Å². The van der Waals surface area contributed by atoms with Gasteiger partial charge in [-0.2, -0.15) is 0 Å². The summed E-state index contributed by atoms with van der Waals surface area (Å²) in [4.78, 5) is 12.8. The minimum absolute atomic E-state index is 0.0646. The van der Waals surface area contributed by atoms with Gasteiger partial charge in [0.2, 0.25) is 0 Å². The average Bonchev–Trinajstić information content (AvgIpc) is 2.68. The zero-order valence-corrected chi connectivity index (χ0v) is 14.7. The van der Waals surface area contributed by atoms with Crippen LogP contribution in [0.25, 0.3) is 6.08 Å². The Morgan fingerprint density at radius 2 is 1.72 bits per heavy atom. The molecule has 3 unspecified atom stereocenters. The standard InChI is InChI=1S/C24H26O/c25-23-21-16-10-18-24(23,22(21)20-14-7-2-8-15-20)17-9-3-6-13-19-11-4-1-5-12-19/h1-2,4-8,11-15,21-22H,3,9-10,16-18H2/b13-6+. The van der Waals surface area contributed by atoms with Crippen molar-refractivity contribution in [3.05, 3.63) is 77.9 Å². The molecule has 1 heteroatoms. The topological polar surface area (TPSA) is 17.1 Å². The molecule has 2 aliphatic carbocycles. The summed E-state index contributed by atoms with van der Waals surface area (Å²) in [6.07, 6.45) is 11.0. The molecule has 0 N–H and O–H groups in total. The first-order valence-electron chi connectivity index (χ1n) is 9.62. The van der Waals surface area contributed by atoms with Crippen LogP contribution in [0.3, 0.4) is 0 Å². The molecule has 2 bridgehead atoms. The highest BCUT2D eigenvalue weighted by atomic mass is 16.1. The van der Waals surface area contributed by atoms with Gasteiger partial charge in [0.15, 0.2) is 0 Å². The molecule has 0 aliphatic heterocycles. The first-order valence-corrected chi connectivity index (χ1v) is 9.62. The molecular formula is C24H26O. The van der Waals surface area contributed by atoms with Gasteiger partial charge in [0, 0.05) is 17.3 Å². The number of ketones is 1. The van der Waals surface area contributed by atoms with E-state index in [0.29, 0.717) is 11.7 Å². The number of fused-ring (bicyclic) bond motifs is 2. The van der Waals surface area contributed by atoms with Crippen molar-refractivity contribution >= 4 is 11.9 Å². The van der Waals surface area contributed by atoms with Crippen LogP contribution < -0.4 is 0 Å². The number of Topliss-reactive ketones (excluding diaryl/α,β-unsaturated/α-hetero) is 1. The summed E-state index contributed by atoms with van der Waals surface area (Å²) in [6.45, 7) is 0. The van der Waals surface area contributed by atoms with Crippen LogP contribution in [-0.2, 0) is 4.79 Å². The van der Waals surface area contributed by atoms with Gasteiger partial charge in [0.05, 0.1) is 0 Å². The van der Waals surface area contributed by atoms with E-state index in [1.807, 2.05) is 6.07 Å². The highest BCUT2D eigenvalue weighted by Crippen LogP contribution is 2.64. The number of rotatable bonds is 6. The molecule has 2 aliphatic rings. The first-order chi connectivity index (χ1) is 12.3. The van der Waals surface area contributed by atoms with E-state index in [1.54, 1.807) is 0 Å². The van der Waals surface area contributed by atoms with Crippen molar-refractivity contribution in [1.82, 2.24) is 0 Å². The number of benzene rings is 2. The minimum atomic E-state index is -0.0646. The maximum absolute atomic E-state index is 12.8. The predicted molar refractivity (Wildman–Crippen MR) is 103 cm³/mol. The molecule has 25 heavy (non-hydrogen) atoms. The van der Waals surface area contributed by atoms with E-state index in [-0.39, 0.29) is 11.3 Å².